The molecule has 0 bridgehead atoms. The maximum absolute atomic E-state index is 12.8. The molecule has 0 saturated carbocycles. The summed E-state index contributed by atoms with van der Waals surface area (Å²) < 4.78 is 0. The van der Waals surface area contributed by atoms with E-state index in [2.05, 4.69) is 5.18 Å². The van der Waals surface area contributed by atoms with Crippen molar-refractivity contribution in [2.45, 2.75) is 32.9 Å². The van der Waals surface area contributed by atoms with Gasteiger partial charge in [-0.25, -0.2) is 0 Å². The van der Waals surface area contributed by atoms with E-state index in [4.69, 9.17) is 0 Å². The molecule has 23 heavy (non-hydrogen) atoms. The maximum atomic E-state index is 12.8. The number of rotatable bonds is 3. The van der Waals surface area contributed by atoms with Gasteiger partial charge < -0.3 is 10.0 Å². The minimum Gasteiger partial charge on any atom is -0.508 e. The number of benzene rings is 2. The number of nitroso groups, excluding NO2 is 1. The molecule has 5 nitrogen and oxygen atoms in total. The van der Waals surface area contributed by atoms with E-state index in [9.17, 15) is 14.8 Å². The van der Waals surface area contributed by atoms with E-state index in [1.54, 1.807) is 11.0 Å². The van der Waals surface area contributed by atoms with Crippen molar-refractivity contribution in [3.05, 3.63) is 63.6 Å². The summed E-state index contributed by atoms with van der Waals surface area (Å²) in [6.07, 6.45) is 0. The Labute approximate surface area is 134 Å². The largest absolute Gasteiger partial charge is 0.508 e. The summed E-state index contributed by atoms with van der Waals surface area (Å²) in [7, 11) is 0. The fourth-order valence-corrected chi connectivity index (χ4v) is 2.95. The first-order chi connectivity index (χ1) is 11.0. The molecule has 1 aliphatic heterocycles. The highest BCUT2D eigenvalue weighted by Crippen LogP contribution is 2.35. The Balaban J connectivity index is 1.97. The Bertz CT molecular complexity index is 759. The summed E-state index contributed by atoms with van der Waals surface area (Å²) >= 11 is 0. The van der Waals surface area contributed by atoms with Crippen LogP contribution >= 0.6 is 0 Å². The number of nitrogens with zero attached hydrogens (tertiary/aromatic N) is 2. The van der Waals surface area contributed by atoms with Crippen molar-refractivity contribution in [3.8, 4) is 5.75 Å². The van der Waals surface area contributed by atoms with E-state index in [0.717, 1.165) is 11.1 Å². The number of phenols is 1. The van der Waals surface area contributed by atoms with Crippen LogP contribution in [0.1, 0.15) is 46.8 Å². The zero-order valence-electron chi connectivity index (χ0n) is 13.1. The second-order valence-electron chi connectivity index (χ2n) is 6.10. The third kappa shape index (κ3) is 2.70. The van der Waals surface area contributed by atoms with E-state index < -0.39 is 0 Å². The van der Waals surface area contributed by atoms with Gasteiger partial charge in [0.15, 0.2) is 0 Å². The molecule has 0 aliphatic carbocycles. The highest BCUT2D eigenvalue weighted by molar-refractivity contribution is 5.99. The fraction of sp³-hybridized carbons (Fsp3) is 0.278. The molecule has 0 radical (unpaired) electrons. The number of aromatic hydroxyl groups is 1. The molecule has 0 saturated heterocycles. The van der Waals surface area contributed by atoms with Crippen molar-refractivity contribution < 1.29 is 9.90 Å². The van der Waals surface area contributed by atoms with Crippen LogP contribution in [0.2, 0.25) is 0 Å². The number of hydrogen-bond acceptors (Lipinski definition) is 4. The third-order valence-corrected chi connectivity index (χ3v) is 4.22. The van der Waals surface area contributed by atoms with Crippen molar-refractivity contribution in [1.82, 2.24) is 4.90 Å². The van der Waals surface area contributed by atoms with Gasteiger partial charge in [0.1, 0.15) is 11.4 Å². The molecule has 1 amide bonds. The van der Waals surface area contributed by atoms with Crippen LogP contribution in [0.3, 0.4) is 0 Å². The monoisotopic (exact) mass is 310 g/mol. The first-order valence-corrected chi connectivity index (χ1v) is 7.57. The SMILES string of the molecule is CC(C)c1cc(C(=O)N2Cc3ccccc3C2)c(N=O)cc1O. The lowest BCUT2D eigenvalue weighted by molar-refractivity contribution is 0.0752. The summed E-state index contributed by atoms with van der Waals surface area (Å²) in [5.41, 5.74) is 3.09. The number of carbonyl (C=O) groups is 1. The predicted octanol–water partition coefficient (Wildman–Crippen LogP) is 4.07. The topological polar surface area (TPSA) is 70.0 Å². The average Bonchev–Trinajstić information content (AvgIpc) is 2.97. The minimum atomic E-state index is -0.238. The molecule has 0 atom stereocenters. The van der Waals surface area contributed by atoms with Crippen LogP contribution in [0.25, 0.3) is 0 Å². The highest BCUT2D eigenvalue weighted by atomic mass is 16.3. The molecule has 0 unspecified atom stereocenters. The number of amides is 1. The Morgan fingerprint density at radius 1 is 1.17 bits per heavy atom. The standard InChI is InChI=1S/C18H18N2O3/c1-11(2)14-7-15(16(19-23)8-17(14)21)18(22)20-9-12-5-3-4-6-13(12)10-20/h3-8,11,21H,9-10H2,1-2H3. The number of hydrogen-bond donors (Lipinski definition) is 1. The molecule has 0 spiro atoms. The van der Waals surface area contributed by atoms with Gasteiger partial charge in [-0.3, -0.25) is 4.79 Å². The molecule has 0 fully saturated rings. The fourth-order valence-electron chi connectivity index (χ4n) is 2.95. The second kappa shape index (κ2) is 5.83. The van der Waals surface area contributed by atoms with E-state index in [0.29, 0.717) is 18.7 Å². The van der Waals surface area contributed by atoms with Crippen molar-refractivity contribution in [2.24, 2.45) is 5.18 Å². The first kappa shape index (κ1) is 15.2. The van der Waals surface area contributed by atoms with Gasteiger partial charge in [-0.1, -0.05) is 38.1 Å². The van der Waals surface area contributed by atoms with Gasteiger partial charge in [0.2, 0.25) is 0 Å². The van der Waals surface area contributed by atoms with Gasteiger partial charge in [0.25, 0.3) is 5.91 Å². The molecule has 3 rings (SSSR count). The molecule has 118 valence electrons. The van der Waals surface area contributed by atoms with Crippen LogP contribution in [-0.2, 0) is 13.1 Å². The summed E-state index contributed by atoms with van der Waals surface area (Å²) in [6, 6.07) is 10.8. The minimum absolute atomic E-state index is 0.00384. The van der Waals surface area contributed by atoms with Crippen molar-refractivity contribution in [2.75, 3.05) is 0 Å². The molecular weight excluding hydrogens is 292 g/mol. The average molecular weight is 310 g/mol. The summed E-state index contributed by atoms with van der Waals surface area (Å²) in [5, 5.41) is 12.9. The van der Waals surface area contributed by atoms with Gasteiger partial charge in [0.05, 0.1) is 5.56 Å². The molecule has 2 aromatic carbocycles. The van der Waals surface area contributed by atoms with E-state index >= 15 is 0 Å². The molecule has 5 heteroatoms. The Hall–Kier alpha value is -2.69. The second-order valence-corrected chi connectivity index (χ2v) is 6.10. The van der Waals surface area contributed by atoms with Crippen molar-refractivity contribution in [3.63, 3.8) is 0 Å². The lowest BCUT2D eigenvalue weighted by atomic mass is 9.98. The predicted molar refractivity (Wildman–Crippen MR) is 87.7 cm³/mol. The Morgan fingerprint density at radius 2 is 1.78 bits per heavy atom. The number of phenolic OH excluding ortho intramolecular Hbond substituents is 1. The third-order valence-electron chi connectivity index (χ3n) is 4.22. The quantitative estimate of drug-likeness (QED) is 0.869. The maximum Gasteiger partial charge on any atom is 0.256 e. The summed E-state index contributed by atoms with van der Waals surface area (Å²) in [5.74, 6) is -0.202. The summed E-state index contributed by atoms with van der Waals surface area (Å²) in [4.78, 5) is 25.6. The molecular formula is C18H18N2O3. The van der Waals surface area contributed by atoms with Gasteiger partial charge in [-0.2, -0.15) is 0 Å². The van der Waals surface area contributed by atoms with E-state index in [-0.39, 0.29) is 28.8 Å². The van der Waals surface area contributed by atoms with Gasteiger partial charge in [-0.05, 0) is 33.9 Å². The van der Waals surface area contributed by atoms with Crippen LogP contribution in [0.5, 0.6) is 5.75 Å². The van der Waals surface area contributed by atoms with Crippen LogP contribution in [0, 0.1) is 4.91 Å². The van der Waals surface area contributed by atoms with E-state index in [1.165, 1.54) is 6.07 Å². The van der Waals surface area contributed by atoms with Crippen LogP contribution in [-0.4, -0.2) is 15.9 Å². The summed E-state index contributed by atoms with van der Waals surface area (Å²) in [6.45, 7) is 4.88. The smallest absolute Gasteiger partial charge is 0.256 e. The highest BCUT2D eigenvalue weighted by Gasteiger charge is 2.27. The zero-order valence-corrected chi connectivity index (χ0v) is 13.1. The van der Waals surface area contributed by atoms with Crippen molar-refractivity contribution in [1.29, 1.82) is 0 Å². The number of fused-ring (bicyclic) bond motifs is 1. The van der Waals surface area contributed by atoms with Gasteiger partial charge in [-0.15, -0.1) is 4.91 Å². The lowest BCUT2D eigenvalue weighted by Gasteiger charge is -2.18. The first-order valence-electron chi connectivity index (χ1n) is 7.57. The Morgan fingerprint density at radius 3 is 2.30 bits per heavy atom. The molecule has 2 aromatic rings. The lowest BCUT2D eigenvalue weighted by Crippen LogP contribution is -2.25. The normalized spacial score (nSPS) is 13.3. The Kier molecular flexibility index (Phi) is 3.86. The zero-order chi connectivity index (χ0) is 16.6. The molecule has 1 aliphatic rings. The molecule has 1 N–H and O–H groups in total. The van der Waals surface area contributed by atoms with E-state index in [1.807, 2.05) is 38.1 Å². The van der Waals surface area contributed by atoms with Gasteiger partial charge in [0, 0.05) is 19.2 Å². The van der Waals surface area contributed by atoms with Crippen molar-refractivity contribution >= 4 is 11.6 Å². The van der Waals surface area contributed by atoms with Crippen LogP contribution < -0.4 is 0 Å². The number of carbonyl (C=O) groups excluding carboxylic acids is 1. The van der Waals surface area contributed by atoms with Gasteiger partial charge >= 0.3 is 0 Å². The molecule has 1 heterocycles. The van der Waals surface area contributed by atoms with Crippen LogP contribution in [0.4, 0.5) is 5.69 Å². The van der Waals surface area contributed by atoms with Crippen LogP contribution in [0.15, 0.2) is 41.6 Å². The molecule has 0 aromatic heterocycles.